The van der Waals surface area contributed by atoms with Crippen molar-refractivity contribution < 1.29 is 9.59 Å². The molecule has 0 fully saturated rings. The Balaban J connectivity index is 5.07. The fourth-order valence-electron chi connectivity index (χ4n) is 2.39. The molecule has 0 rings (SSSR count). The third-order valence-corrected chi connectivity index (χ3v) is 3.28. The van der Waals surface area contributed by atoms with Gasteiger partial charge >= 0.3 is 0 Å². The van der Waals surface area contributed by atoms with E-state index < -0.39 is 0 Å². The summed E-state index contributed by atoms with van der Waals surface area (Å²) in [5, 5.41) is 2.99. The number of primary amides is 1. The number of carbonyl (C=O) groups excluding carboxylic acids is 2. The lowest BCUT2D eigenvalue weighted by molar-refractivity contribution is -0.135. The fraction of sp³-hybridized carbons (Fsp3) is 0.875. The lowest BCUT2D eigenvalue weighted by Crippen LogP contribution is -2.48. The van der Waals surface area contributed by atoms with Gasteiger partial charge in [-0.25, -0.2) is 0 Å². The first-order valence-corrected chi connectivity index (χ1v) is 7.69. The zero-order valence-electron chi connectivity index (χ0n) is 14.0. The molecule has 0 aliphatic heterocycles. The summed E-state index contributed by atoms with van der Waals surface area (Å²) in [6.45, 7) is 12.0. The molecule has 0 aromatic rings. The Bertz CT molecular complexity index is 319. The van der Waals surface area contributed by atoms with Gasteiger partial charge in [0.15, 0.2) is 0 Å². The highest BCUT2D eigenvalue weighted by Crippen LogP contribution is 2.26. The van der Waals surface area contributed by atoms with E-state index in [2.05, 4.69) is 26.1 Å². The standard InChI is InChI=1S/C16H32N2O2/c1-7-8-9-12(14(17)19)13(10-11(2)3)15(20)18-16(4,5)6/h11-13H,7-10H2,1-6H3,(H2,17,19)(H,18,20)/t12-,13+/m0/s1. The Hall–Kier alpha value is -1.06. The average molecular weight is 284 g/mol. The molecule has 0 aliphatic rings. The van der Waals surface area contributed by atoms with Crippen molar-refractivity contribution in [1.29, 1.82) is 0 Å². The van der Waals surface area contributed by atoms with E-state index in [0.29, 0.717) is 18.8 Å². The summed E-state index contributed by atoms with van der Waals surface area (Å²) in [5.74, 6) is -0.730. The van der Waals surface area contributed by atoms with Gasteiger partial charge in [-0.15, -0.1) is 0 Å². The number of rotatable bonds is 8. The minimum Gasteiger partial charge on any atom is -0.369 e. The highest BCUT2D eigenvalue weighted by Gasteiger charge is 2.33. The molecule has 20 heavy (non-hydrogen) atoms. The van der Waals surface area contributed by atoms with Gasteiger partial charge < -0.3 is 11.1 Å². The summed E-state index contributed by atoms with van der Waals surface area (Å²) < 4.78 is 0. The molecule has 0 bridgehead atoms. The van der Waals surface area contributed by atoms with E-state index in [1.165, 1.54) is 0 Å². The monoisotopic (exact) mass is 284 g/mol. The minimum atomic E-state index is -0.361. The highest BCUT2D eigenvalue weighted by atomic mass is 16.2. The Labute approximate surface area is 123 Å². The molecule has 118 valence electrons. The molecule has 0 aliphatic carbocycles. The van der Waals surface area contributed by atoms with Crippen LogP contribution >= 0.6 is 0 Å². The molecule has 4 heteroatoms. The van der Waals surface area contributed by atoms with E-state index in [9.17, 15) is 9.59 Å². The number of hydrogen-bond donors (Lipinski definition) is 2. The van der Waals surface area contributed by atoms with Crippen molar-refractivity contribution in [2.45, 2.75) is 72.8 Å². The van der Waals surface area contributed by atoms with Crippen molar-refractivity contribution in [3.05, 3.63) is 0 Å². The SMILES string of the molecule is CCCC[C@H](C(N)=O)[C@@H](CC(C)C)C(=O)NC(C)(C)C. The lowest BCUT2D eigenvalue weighted by atomic mass is 9.81. The molecule has 2 atom stereocenters. The molecule has 0 saturated carbocycles. The second kappa shape index (κ2) is 8.28. The van der Waals surface area contributed by atoms with Crippen molar-refractivity contribution in [2.24, 2.45) is 23.5 Å². The Kier molecular flexibility index (Phi) is 7.84. The molecule has 0 aromatic carbocycles. The van der Waals surface area contributed by atoms with Crippen LogP contribution in [0.1, 0.15) is 67.2 Å². The number of nitrogens with one attached hydrogen (secondary N) is 1. The van der Waals surface area contributed by atoms with Crippen LogP contribution in [0.25, 0.3) is 0 Å². The largest absolute Gasteiger partial charge is 0.369 e. The number of carbonyl (C=O) groups is 2. The first-order valence-electron chi connectivity index (χ1n) is 7.69. The van der Waals surface area contributed by atoms with Crippen molar-refractivity contribution in [3.63, 3.8) is 0 Å². The van der Waals surface area contributed by atoms with Crippen LogP contribution in [0.4, 0.5) is 0 Å². The molecule has 2 amide bonds. The maximum absolute atomic E-state index is 12.5. The van der Waals surface area contributed by atoms with Gasteiger partial charge in [0.05, 0.1) is 0 Å². The molecule has 0 saturated heterocycles. The van der Waals surface area contributed by atoms with Crippen LogP contribution in [-0.4, -0.2) is 17.4 Å². The van der Waals surface area contributed by atoms with E-state index in [1.807, 2.05) is 20.8 Å². The molecule has 3 N–H and O–H groups in total. The van der Waals surface area contributed by atoms with Crippen LogP contribution in [0.2, 0.25) is 0 Å². The maximum atomic E-state index is 12.5. The summed E-state index contributed by atoms with van der Waals surface area (Å²) in [7, 11) is 0. The number of hydrogen-bond acceptors (Lipinski definition) is 2. The van der Waals surface area contributed by atoms with Gasteiger partial charge in [0.1, 0.15) is 0 Å². The molecule has 0 radical (unpaired) electrons. The van der Waals surface area contributed by atoms with Gasteiger partial charge in [-0.05, 0) is 39.5 Å². The zero-order chi connectivity index (χ0) is 15.9. The van der Waals surface area contributed by atoms with Gasteiger partial charge in [0.25, 0.3) is 0 Å². The normalized spacial score (nSPS) is 14.9. The summed E-state index contributed by atoms with van der Waals surface area (Å²) in [4.78, 5) is 24.2. The molecule has 0 spiro atoms. The van der Waals surface area contributed by atoms with Crippen LogP contribution in [0.3, 0.4) is 0 Å². The topological polar surface area (TPSA) is 72.2 Å². The van der Waals surface area contributed by atoms with Gasteiger partial charge in [-0.3, -0.25) is 9.59 Å². The molecule has 0 heterocycles. The van der Waals surface area contributed by atoms with E-state index >= 15 is 0 Å². The smallest absolute Gasteiger partial charge is 0.224 e. The molecular weight excluding hydrogens is 252 g/mol. The zero-order valence-corrected chi connectivity index (χ0v) is 14.0. The first-order chi connectivity index (χ1) is 9.08. The van der Waals surface area contributed by atoms with Gasteiger partial charge in [0, 0.05) is 17.4 Å². The van der Waals surface area contributed by atoms with Crippen molar-refractivity contribution >= 4 is 11.8 Å². The quantitative estimate of drug-likeness (QED) is 0.719. The Morgan fingerprint density at radius 2 is 1.70 bits per heavy atom. The summed E-state index contributed by atoms with van der Waals surface area (Å²) in [6.07, 6.45) is 3.31. The van der Waals surface area contributed by atoms with Crippen molar-refractivity contribution in [1.82, 2.24) is 5.32 Å². The van der Waals surface area contributed by atoms with E-state index in [4.69, 9.17) is 5.73 Å². The third kappa shape index (κ3) is 7.51. The molecule has 0 aromatic heterocycles. The highest BCUT2D eigenvalue weighted by molar-refractivity contribution is 5.87. The Morgan fingerprint density at radius 1 is 1.15 bits per heavy atom. The Morgan fingerprint density at radius 3 is 2.05 bits per heavy atom. The maximum Gasteiger partial charge on any atom is 0.224 e. The predicted molar refractivity (Wildman–Crippen MR) is 83.1 cm³/mol. The second-order valence-electron chi connectivity index (χ2n) is 7.13. The molecular formula is C16H32N2O2. The van der Waals surface area contributed by atoms with Crippen LogP contribution in [0.15, 0.2) is 0 Å². The second-order valence-corrected chi connectivity index (χ2v) is 7.13. The predicted octanol–water partition coefficient (Wildman–Crippen LogP) is 2.86. The van der Waals surface area contributed by atoms with E-state index in [-0.39, 0.29) is 29.2 Å². The lowest BCUT2D eigenvalue weighted by Gasteiger charge is -2.29. The summed E-state index contributed by atoms with van der Waals surface area (Å²) in [5.41, 5.74) is 5.24. The van der Waals surface area contributed by atoms with Crippen molar-refractivity contribution in [2.75, 3.05) is 0 Å². The fourth-order valence-corrected chi connectivity index (χ4v) is 2.39. The molecule has 0 unspecified atom stereocenters. The number of nitrogens with two attached hydrogens (primary N) is 1. The molecule has 4 nitrogen and oxygen atoms in total. The minimum absolute atomic E-state index is 0.0499. The van der Waals surface area contributed by atoms with Gasteiger partial charge in [-0.2, -0.15) is 0 Å². The van der Waals surface area contributed by atoms with Crippen LogP contribution in [-0.2, 0) is 9.59 Å². The number of unbranched alkanes of at least 4 members (excludes halogenated alkanes) is 1. The van der Waals surface area contributed by atoms with Crippen LogP contribution < -0.4 is 11.1 Å². The van der Waals surface area contributed by atoms with Gasteiger partial charge in [-0.1, -0.05) is 33.6 Å². The van der Waals surface area contributed by atoms with Crippen LogP contribution in [0.5, 0.6) is 0 Å². The van der Waals surface area contributed by atoms with Crippen molar-refractivity contribution in [3.8, 4) is 0 Å². The first kappa shape index (κ1) is 18.9. The summed E-state index contributed by atoms with van der Waals surface area (Å²) >= 11 is 0. The van der Waals surface area contributed by atoms with Gasteiger partial charge in [0.2, 0.25) is 11.8 Å². The average Bonchev–Trinajstić information content (AvgIpc) is 2.24. The van der Waals surface area contributed by atoms with E-state index in [1.54, 1.807) is 0 Å². The van der Waals surface area contributed by atoms with E-state index in [0.717, 1.165) is 12.8 Å². The third-order valence-electron chi connectivity index (χ3n) is 3.28. The number of amides is 2. The van der Waals surface area contributed by atoms with Crippen LogP contribution in [0, 0.1) is 17.8 Å². The summed E-state index contributed by atoms with van der Waals surface area (Å²) in [6, 6.07) is 0.